The van der Waals surface area contributed by atoms with E-state index in [4.69, 9.17) is 4.74 Å². The Morgan fingerprint density at radius 2 is 1.81 bits per heavy atom. The van der Waals surface area contributed by atoms with Crippen LogP contribution in [-0.4, -0.2) is 17.5 Å². The van der Waals surface area contributed by atoms with E-state index >= 15 is 0 Å². The van der Waals surface area contributed by atoms with Crippen molar-refractivity contribution in [3.05, 3.63) is 57.3 Å². The van der Waals surface area contributed by atoms with Gasteiger partial charge in [0.1, 0.15) is 17.2 Å². The van der Waals surface area contributed by atoms with Crippen LogP contribution in [0.3, 0.4) is 0 Å². The first-order chi connectivity index (χ1) is 12.6. The number of amides is 1. The van der Waals surface area contributed by atoms with Crippen LogP contribution in [-0.2, 0) is 4.74 Å². The first kappa shape index (κ1) is 21.0. The van der Waals surface area contributed by atoms with Gasteiger partial charge in [-0.3, -0.25) is 4.79 Å². The Morgan fingerprint density at radius 1 is 1.19 bits per heavy atom. The van der Waals surface area contributed by atoms with Crippen molar-refractivity contribution in [2.45, 2.75) is 52.2 Å². The molecule has 0 fully saturated rings. The first-order valence-corrected chi connectivity index (χ1v) is 9.47. The summed E-state index contributed by atoms with van der Waals surface area (Å²) in [5.74, 6) is -2.41. The van der Waals surface area contributed by atoms with Gasteiger partial charge in [0.05, 0.1) is 11.6 Å². The zero-order valence-electron chi connectivity index (χ0n) is 15.8. The third-order valence-electron chi connectivity index (χ3n) is 3.81. The minimum absolute atomic E-state index is 0.115. The topological polar surface area (TPSA) is 55.4 Å². The SMILES string of the molecule is Cc1ccsc1C(CCC(=O)c1c(F)cccc1F)NC(=O)OC(C)(C)C. The maximum Gasteiger partial charge on any atom is 0.408 e. The number of carbonyl (C=O) groups is 2. The van der Waals surface area contributed by atoms with Crippen LogP contribution in [0.1, 0.15) is 60.5 Å². The third kappa shape index (κ3) is 5.85. The summed E-state index contributed by atoms with van der Waals surface area (Å²) >= 11 is 1.44. The number of halogens is 2. The van der Waals surface area contributed by atoms with Gasteiger partial charge in [-0.25, -0.2) is 13.6 Å². The molecule has 0 aliphatic carbocycles. The van der Waals surface area contributed by atoms with Gasteiger partial charge in [0.2, 0.25) is 0 Å². The smallest absolute Gasteiger partial charge is 0.408 e. The fourth-order valence-corrected chi connectivity index (χ4v) is 3.64. The number of ether oxygens (including phenoxy) is 1. The number of hydrogen-bond acceptors (Lipinski definition) is 4. The minimum atomic E-state index is -0.885. The lowest BCUT2D eigenvalue weighted by Gasteiger charge is -2.23. The zero-order chi connectivity index (χ0) is 20.2. The highest BCUT2D eigenvalue weighted by molar-refractivity contribution is 7.10. The molecule has 2 rings (SSSR count). The number of carbonyl (C=O) groups excluding carboxylic acids is 2. The van der Waals surface area contributed by atoms with Crippen LogP contribution in [0.2, 0.25) is 0 Å². The third-order valence-corrected chi connectivity index (χ3v) is 4.94. The van der Waals surface area contributed by atoms with Gasteiger partial charge in [-0.2, -0.15) is 0 Å². The van der Waals surface area contributed by atoms with E-state index in [0.717, 1.165) is 22.6 Å². The number of ketones is 1. The van der Waals surface area contributed by atoms with Crippen LogP contribution in [0.15, 0.2) is 29.6 Å². The van der Waals surface area contributed by atoms with Crippen molar-refractivity contribution in [1.82, 2.24) is 5.32 Å². The second-order valence-electron chi connectivity index (χ2n) is 7.23. The van der Waals surface area contributed by atoms with Crippen molar-refractivity contribution in [3.63, 3.8) is 0 Å². The summed E-state index contributed by atoms with van der Waals surface area (Å²) < 4.78 is 32.9. The van der Waals surface area contributed by atoms with Gasteiger partial charge in [-0.05, 0) is 63.3 Å². The van der Waals surface area contributed by atoms with Gasteiger partial charge < -0.3 is 10.1 Å². The lowest BCUT2D eigenvalue weighted by atomic mass is 10.0. The van der Waals surface area contributed by atoms with E-state index < -0.39 is 40.7 Å². The molecule has 0 aliphatic heterocycles. The van der Waals surface area contributed by atoms with Crippen LogP contribution in [0.5, 0.6) is 0 Å². The monoisotopic (exact) mass is 395 g/mol. The van der Waals surface area contributed by atoms with Crippen LogP contribution >= 0.6 is 11.3 Å². The second kappa shape index (κ2) is 8.61. The molecule has 4 nitrogen and oxygen atoms in total. The predicted molar refractivity (Wildman–Crippen MR) is 101 cm³/mol. The van der Waals surface area contributed by atoms with E-state index in [1.54, 1.807) is 20.8 Å². The molecular weight excluding hydrogens is 372 g/mol. The molecule has 1 heterocycles. The van der Waals surface area contributed by atoms with Crippen LogP contribution < -0.4 is 5.32 Å². The van der Waals surface area contributed by atoms with Gasteiger partial charge in [0.25, 0.3) is 0 Å². The number of aryl methyl sites for hydroxylation is 1. The van der Waals surface area contributed by atoms with Crippen LogP contribution in [0.25, 0.3) is 0 Å². The second-order valence-corrected chi connectivity index (χ2v) is 8.17. The molecule has 1 atom stereocenters. The van der Waals surface area contributed by atoms with Crippen molar-refractivity contribution in [2.75, 3.05) is 0 Å². The van der Waals surface area contributed by atoms with E-state index in [9.17, 15) is 18.4 Å². The van der Waals surface area contributed by atoms with Crippen molar-refractivity contribution in [1.29, 1.82) is 0 Å². The molecule has 1 amide bonds. The van der Waals surface area contributed by atoms with Crippen molar-refractivity contribution in [3.8, 4) is 0 Å². The Hall–Kier alpha value is -2.28. The van der Waals surface area contributed by atoms with E-state index in [2.05, 4.69) is 5.32 Å². The Kier molecular flexibility index (Phi) is 6.70. The summed E-state index contributed by atoms with van der Waals surface area (Å²) in [7, 11) is 0. The normalized spacial score (nSPS) is 12.5. The molecule has 1 aromatic heterocycles. The summed E-state index contributed by atoms with van der Waals surface area (Å²) in [5, 5.41) is 4.64. The summed E-state index contributed by atoms with van der Waals surface area (Å²) in [6.07, 6.45) is -0.520. The van der Waals surface area contributed by atoms with Crippen LogP contribution in [0, 0.1) is 18.6 Å². The average molecular weight is 395 g/mol. The molecule has 1 aromatic carbocycles. The van der Waals surface area contributed by atoms with E-state index in [1.165, 1.54) is 17.4 Å². The summed E-state index contributed by atoms with van der Waals surface area (Å²) in [4.78, 5) is 25.4. The largest absolute Gasteiger partial charge is 0.444 e. The van der Waals surface area contributed by atoms with Gasteiger partial charge in [-0.15, -0.1) is 11.3 Å². The summed E-state index contributed by atoms with van der Waals surface area (Å²) in [6.45, 7) is 7.15. The highest BCUT2D eigenvalue weighted by atomic mass is 32.1. The van der Waals surface area contributed by atoms with E-state index in [-0.39, 0.29) is 12.8 Å². The Balaban J connectivity index is 2.14. The van der Waals surface area contributed by atoms with E-state index in [1.807, 2.05) is 18.4 Å². The Bertz CT molecular complexity index is 807. The molecule has 1 unspecified atom stereocenters. The Morgan fingerprint density at radius 3 is 2.33 bits per heavy atom. The average Bonchev–Trinajstić information content (AvgIpc) is 2.95. The molecule has 27 heavy (non-hydrogen) atoms. The standard InChI is InChI=1S/C20H23F2NO3S/c1-12-10-11-27-18(12)15(23-19(25)26-20(2,3)4)8-9-16(24)17-13(21)6-5-7-14(17)22/h5-7,10-11,15H,8-9H2,1-4H3,(H,23,25). The quantitative estimate of drug-likeness (QED) is 0.651. The van der Waals surface area contributed by atoms with Crippen LogP contribution in [0.4, 0.5) is 13.6 Å². The molecule has 2 aromatic rings. The fraction of sp³-hybridized carbons (Fsp3) is 0.400. The number of hydrogen-bond donors (Lipinski definition) is 1. The number of benzene rings is 1. The van der Waals surface area contributed by atoms with Crippen molar-refractivity contribution < 1.29 is 23.1 Å². The molecule has 0 spiro atoms. The van der Waals surface area contributed by atoms with Gasteiger partial charge in [0.15, 0.2) is 5.78 Å². The lowest BCUT2D eigenvalue weighted by Crippen LogP contribution is -2.35. The summed E-state index contributed by atoms with van der Waals surface area (Å²) in [5.41, 5.74) is -0.243. The highest BCUT2D eigenvalue weighted by Crippen LogP contribution is 2.29. The summed E-state index contributed by atoms with van der Waals surface area (Å²) in [6, 6.07) is 4.73. The van der Waals surface area contributed by atoms with Gasteiger partial charge in [-0.1, -0.05) is 6.07 Å². The molecule has 146 valence electrons. The number of Topliss-reactive ketones (excluding diaryl/α,β-unsaturated/α-hetero) is 1. The number of thiophene rings is 1. The molecule has 7 heteroatoms. The number of nitrogens with one attached hydrogen (secondary N) is 1. The van der Waals surface area contributed by atoms with E-state index in [0.29, 0.717) is 0 Å². The highest BCUT2D eigenvalue weighted by Gasteiger charge is 2.24. The molecular formula is C20H23F2NO3S. The predicted octanol–water partition coefficient (Wildman–Crippen LogP) is 5.56. The van der Waals surface area contributed by atoms with Gasteiger partial charge in [0, 0.05) is 11.3 Å². The van der Waals surface area contributed by atoms with Crippen molar-refractivity contribution in [2.24, 2.45) is 0 Å². The molecule has 0 saturated heterocycles. The molecule has 0 radical (unpaired) electrons. The Labute approximate surface area is 161 Å². The van der Waals surface area contributed by atoms with Crippen molar-refractivity contribution >= 4 is 23.2 Å². The number of rotatable bonds is 6. The first-order valence-electron chi connectivity index (χ1n) is 8.59. The number of alkyl carbamates (subject to hydrolysis) is 1. The maximum atomic E-state index is 13.8. The lowest BCUT2D eigenvalue weighted by molar-refractivity contribution is 0.0499. The fourth-order valence-electron chi connectivity index (χ4n) is 2.62. The zero-order valence-corrected chi connectivity index (χ0v) is 16.6. The van der Waals surface area contributed by atoms with Gasteiger partial charge >= 0.3 is 6.09 Å². The minimum Gasteiger partial charge on any atom is -0.444 e. The molecule has 0 aliphatic rings. The molecule has 1 N–H and O–H groups in total. The maximum absolute atomic E-state index is 13.8. The molecule has 0 saturated carbocycles. The molecule has 0 bridgehead atoms.